The van der Waals surface area contributed by atoms with Gasteiger partial charge < -0.3 is 16.7 Å². The van der Waals surface area contributed by atoms with Gasteiger partial charge in [0, 0.05) is 55.7 Å². The van der Waals surface area contributed by atoms with Gasteiger partial charge >= 0.3 is 0 Å². The number of nitrogens with zero attached hydrogens (tertiary/aromatic N) is 1. The molecule has 1 heterocycles. The van der Waals surface area contributed by atoms with Crippen molar-refractivity contribution in [2.24, 2.45) is 0 Å². The van der Waals surface area contributed by atoms with Gasteiger partial charge in [-0.3, -0.25) is 10.0 Å². The average molecular weight is 399 g/mol. The van der Waals surface area contributed by atoms with Gasteiger partial charge in [-0.1, -0.05) is 6.07 Å². The molecule has 3 rings (SSSR count). The Kier molecular flexibility index (Phi) is 8.12. The molecule has 123 valence electrons. The Morgan fingerprint density at radius 3 is 2.83 bits per heavy atom. The monoisotopic (exact) mass is 399 g/mol. The fourth-order valence-corrected chi connectivity index (χ4v) is 2.31. The molecule has 24 heavy (non-hydrogen) atoms. The van der Waals surface area contributed by atoms with E-state index < -0.39 is 5.91 Å². The van der Waals surface area contributed by atoms with Crippen molar-refractivity contribution >= 4 is 16.8 Å². The predicted molar refractivity (Wildman–Crippen MR) is 88.4 cm³/mol. The smallest absolute Gasteiger partial charge is 0.274 e. The summed E-state index contributed by atoms with van der Waals surface area (Å²) in [6, 6.07) is 17.6. The minimum Gasteiger partial charge on any atom is -0.549 e. The number of carbonyl (C=O) groups excluding carboxylic acids is 1. The van der Waals surface area contributed by atoms with E-state index in [4.69, 9.17) is 9.94 Å². The Morgan fingerprint density at radius 1 is 1.29 bits per heavy atom. The van der Waals surface area contributed by atoms with Gasteiger partial charge in [-0.05, 0) is 23.6 Å². The summed E-state index contributed by atoms with van der Waals surface area (Å²) in [5, 5.41) is 9.75. The average Bonchev–Trinajstić information content (AvgIpc) is 2.97. The second-order valence-electron chi connectivity index (χ2n) is 4.81. The third-order valence-corrected chi connectivity index (χ3v) is 3.42. The van der Waals surface area contributed by atoms with Crippen molar-refractivity contribution < 1.29 is 47.4 Å². The molecule has 0 saturated carbocycles. The molecule has 0 bridgehead atoms. The molecule has 1 radical (unpaired) electrons. The van der Waals surface area contributed by atoms with Crippen LogP contribution in [0.15, 0.2) is 54.7 Å². The van der Waals surface area contributed by atoms with E-state index in [1.807, 2.05) is 41.1 Å². The summed E-state index contributed by atoms with van der Waals surface area (Å²) in [5.74, 6) is 0.255. The molecule has 1 aromatic heterocycles. The minimum absolute atomic E-state index is 0. The zero-order chi connectivity index (χ0) is 15.4. The van der Waals surface area contributed by atoms with Crippen molar-refractivity contribution in [2.45, 2.75) is 6.54 Å². The van der Waals surface area contributed by atoms with E-state index in [-0.39, 0.29) is 40.1 Å². The standard InChI is InChI=1S/C17H15N2O3.CH3.Y/c20-17(18-21)14-7-6-13-8-9-19(16(13)12-14)10-11-22-15-4-2-1-3-5-15;;/h1-2,4-9,12,21H,10-11H2,(H,18,20);1H3;/q2*-1;. The molecule has 5 nitrogen and oxygen atoms in total. The van der Waals surface area contributed by atoms with Crippen LogP contribution in [-0.2, 0) is 39.3 Å². The molecule has 0 unspecified atom stereocenters. The van der Waals surface area contributed by atoms with Crippen molar-refractivity contribution in [3.05, 3.63) is 73.8 Å². The predicted octanol–water partition coefficient (Wildman–Crippen LogP) is 3.09. The number of amides is 1. The number of fused-ring (bicyclic) bond motifs is 1. The van der Waals surface area contributed by atoms with Crippen LogP contribution in [-0.4, -0.2) is 22.3 Å². The Labute approximate surface area is 166 Å². The number of nitrogens with one attached hydrogen (secondary N) is 1. The summed E-state index contributed by atoms with van der Waals surface area (Å²) in [4.78, 5) is 11.5. The van der Waals surface area contributed by atoms with E-state index in [0.29, 0.717) is 18.7 Å². The number of benzene rings is 2. The van der Waals surface area contributed by atoms with Crippen molar-refractivity contribution in [2.75, 3.05) is 6.61 Å². The summed E-state index contributed by atoms with van der Waals surface area (Å²) in [6.07, 6.45) is 1.95. The fourth-order valence-electron chi connectivity index (χ4n) is 2.31. The number of carbonyl (C=O) groups is 1. The topological polar surface area (TPSA) is 63.5 Å². The third kappa shape index (κ3) is 4.66. The molecule has 0 saturated heterocycles. The third-order valence-electron chi connectivity index (χ3n) is 3.42. The molecule has 1 amide bonds. The van der Waals surface area contributed by atoms with E-state index in [2.05, 4.69) is 6.07 Å². The van der Waals surface area contributed by atoms with E-state index in [1.54, 1.807) is 23.7 Å². The van der Waals surface area contributed by atoms with Gasteiger partial charge in [0.05, 0.1) is 13.2 Å². The van der Waals surface area contributed by atoms with E-state index in [1.165, 1.54) is 0 Å². The molecule has 2 aromatic carbocycles. The number of hydrogen-bond acceptors (Lipinski definition) is 3. The maximum Gasteiger partial charge on any atom is 0.274 e. The van der Waals surface area contributed by atoms with Crippen LogP contribution < -0.4 is 10.2 Å². The van der Waals surface area contributed by atoms with Gasteiger partial charge in [0.2, 0.25) is 0 Å². The van der Waals surface area contributed by atoms with Gasteiger partial charge in [-0.2, -0.15) is 18.2 Å². The Balaban J connectivity index is 0.00000144. The summed E-state index contributed by atoms with van der Waals surface area (Å²) in [5.41, 5.74) is 2.98. The normalized spacial score (nSPS) is 9.71. The van der Waals surface area contributed by atoms with E-state index in [0.717, 1.165) is 16.7 Å². The van der Waals surface area contributed by atoms with Crippen LogP contribution in [0.3, 0.4) is 0 Å². The Bertz CT molecular complexity index is 787. The Hall–Kier alpha value is -1.69. The van der Waals surface area contributed by atoms with Crippen molar-refractivity contribution in [3.63, 3.8) is 0 Å². The van der Waals surface area contributed by atoms with Gasteiger partial charge in [-0.15, -0.1) is 12.1 Å². The van der Waals surface area contributed by atoms with Crippen LogP contribution in [0.5, 0.6) is 5.75 Å². The molecular formula is C18H18N2O3Y-2. The molecule has 0 aliphatic rings. The largest absolute Gasteiger partial charge is 0.549 e. The summed E-state index contributed by atoms with van der Waals surface area (Å²) in [6.45, 7) is 1.17. The Morgan fingerprint density at radius 2 is 2.12 bits per heavy atom. The molecule has 6 heteroatoms. The molecule has 0 aliphatic heterocycles. The van der Waals surface area contributed by atoms with E-state index in [9.17, 15) is 4.79 Å². The molecule has 3 aromatic rings. The van der Waals surface area contributed by atoms with Crippen LogP contribution in [0.1, 0.15) is 10.4 Å². The molecule has 0 spiro atoms. The zero-order valence-electron chi connectivity index (χ0n) is 13.4. The second-order valence-corrected chi connectivity index (χ2v) is 4.81. The number of hydrogen-bond donors (Lipinski definition) is 2. The van der Waals surface area contributed by atoms with Crippen molar-refractivity contribution in [1.29, 1.82) is 0 Å². The summed E-state index contributed by atoms with van der Waals surface area (Å²) >= 11 is 0. The SMILES string of the molecule is O=C(NO)c1ccc2ccn(CCOc3c[c-]ccc3)c2c1.[CH3-].[Y]. The minimum atomic E-state index is -0.522. The van der Waals surface area contributed by atoms with Gasteiger partial charge in [-0.25, -0.2) is 5.48 Å². The second kappa shape index (κ2) is 9.57. The first-order chi connectivity index (χ1) is 10.8. The molecular weight excluding hydrogens is 381 g/mol. The van der Waals surface area contributed by atoms with E-state index >= 15 is 0 Å². The van der Waals surface area contributed by atoms with Gasteiger partial charge in [0.1, 0.15) is 0 Å². The fraction of sp³-hybridized carbons (Fsp3) is 0.111. The van der Waals surface area contributed by atoms with Crippen molar-refractivity contribution in [3.8, 4) is 5.75 Å². The maximum atomic E-state index is 11.5. The first kappa shape index (κ1) is 20.4. The quantitative estimate of drug-likeness (QED) is 0.394. The maximum absolute atomic E-state index is 11.5. The number of hydroxylamine groups is 1. The zero-order valence-corrected chi connectivity index (χ0v) is 16.2. The van der Waals surface area contributed by atoms with Crippen LogP contribution >= 0.6 is 0 Å². The first-order valence-corrected chi connectivity index (χ1v) is 6.90. The van der Waals surface area contributed by atoms with Crippen molar-refractivity contribution in [1.82, 2.24) is 10.0 Å². The van der Waals surface area contributed by atoms with Crippen LogP contribution in [0, 0.1) is 13.5 Å². The number of rotatable bonds is 5. The molecule has 0 fully saturated rings. The molecule has 0 atom stereocenters. The van der Waals surface area contributed by atoms with Crippen LogP contribution in [0.25, 0.3) is 10.9 Å². The van der Waals surface area contributed by atoms with Gasteiger partial charge in [0.15, 0.2) is 0 Å². The van der Waals surface area contributed by atoms with Gasteiger partial charge in [0.25, 0.3) is 5.91 Å². The number of ether oxygens (including phenoxy) is 1. The molecule has 0 aliphatic carbocycles. The van der Waals surface area contributed by atoms with Crippen LogP contribution in [0.2, 0.25) is 0 Å². The summed E-state index contributed by atoms with van der Waals surface area (Å²) < 4.78 is 7.67. The summed E-state index contributed by atoms with van der Waals surface area (Å²) in [7, 11) is 0. The van der Waals surface area contributed by atoms with Crippen LogP contribution in [0.4, 0.5) is 0 Å². The molecule has 2 N–H and O–H groups in total. The first-order valence-electron chi connectivity index (χ1n) is 6.90. The number of aromatic nitrogens is 1.